The molecule has 0 spiro atoms. The summed E-state index contributed by atoms with van der Waals surface area (Å²) in [6, 6.07) is 5.31. The highest BCUT2D eigenvalue weighted by Crippen LogP contribution is 2.17. The van der Waals surface area contributed by atoms with Crippen molar-refractivity contribution in [3.8, 4) is 0 Å². The van der Waals surface area contributed by atoms with E-state index >= 15 is 0 Å². The molecule has 7 heteroatoms. The van der Waals surface area contributed by atoms with Crippen LogP contribution in [-0.4, -0.2) is 37.4 Å². The van der Waals surface area contributed by atoms with Crippen LogP contribution >= 0.6 is 0 Å². The number of hydrogen-bond donors (Lipinski definition) is 0. The van der Waals surface area contributed by atoms with Crippen molar-refractivity contribution in [2.75, 3.05) is 7.11 Å². The van der Waals surface area contributed by atoms with Crippen molar-refractivity contribution in [1.29, 1.82) is 0 Å². The lowest BCUT2D eigenvalue weighted by Gasteiger charge is -2.07. The molecule has 2 aromatic heterocycles. The third-order valence-electron chi connectivity index (χ3n) is 3.51. The zero-order chi connectivity index (χ0) is 15.5. The molecule has 0 aliphatic rings. The third-order valence-corrected chi connectivity index (χ3v) is 3.51. The Bertz CT molecular complexity index is 805. The molecular weight excluding hydrogens is 282 g/mol. The second kappa shape index (κ2) is 5.97. The molecule has 3 aromatic rings. The van der Waals surface area contributed by atoms with E-state index in [1.165, 1.54) is 7.11 Å². The molecule has 0 atom stereocenters. The molecule has 0 aliphatic heterocycles. The number of aromatic nitrogens is 5. The van der Waals surface area contributed by atoms with Gasteiger partial charge in [0.15, 0.2) is 5.82 Å². The van der Waals surface area contributed by atoms with Crippen LogP contribution < -0.4 is 0 Å². The number of carbonyl (C=O) groups is 1. The number of ether oxygens (including phenoxy) is 1. The predicted octanol–water partition coefficient (Wildman–Crippen LogP) is 1.87. The Morgan fingerprint density at radius 1 is 1.27 bits per heavy atom. The van der Waals surface area contributed by atoms with E-state index in [9.17, 15) is 4.79 Å². The number of nitrogens with zero attached hydrogens (tertiary/aromatic N) is 5. The highest BCUT2D eigenvalue weighted by molar-refractivity contribution is 5.93. The summed E-state index contributed by atoms with van der Waals surface area (Å²) in [5.74, 6) is 0.508. The molecule has 2 heterocycles. The monoisotopic (exact) mass is 299 g/mol. The molecule has 22 heavy (non-hydrogen) atoms. The Hall–Kier alpha value is -2.70. The molecule has 7 nitrogen and oxygen atoms in total. The Morgan fingerprint density at radius 2 is 2.14 bits per heavy atom. The summed E-state index contributed by atoms with van der Waals surface area (Å²) in [4.78, 5) is 16.0. The van der Waals surface area contributed by atoms with Crippen LogP contribution in [0, 0.1) is 0 Å². The SMILES string of the molecule is CCCn1cnnc1Cn1cnc2ccc(C(=O)OC)cc21. The summed E-state index contributed by atoms with van der Waals surface area (Å²) in [5.41, 5.74) is 2.20. The van der Waals surface area contributed by atoms with Gasteiger partial charge in [-0.2, -0.15) is 0 Å². The molecule has 0 radical (unpaired) electrons. The Kier molecular flexibility index (Phi) is 3.86. The second-order valence-electron chi connectivity index (χ2n) is 5.01. The maximum atomic E-state index is 11.7. The lowest BCUT2D eigenvalue weighted by molar-refractivity contribution is 0.0601. The van der Waals surface area contributed by atoms with Gasteiger partial charge >= 0.3 is 5.97 Å². The number of esters is 1. The number of fused-ring (bicyclic) bond motifs is 1. The molecular formula is C15H17N5O2. The smallest absolute Gasteiger partial charge is 0.337 e. The van der Waals surface area contributed by atoms with Crippen LogP contribution in [-0.2, 0) is 17.8 Å². The quantitative estimate of drug-likeness (QED) is 0.672. The first-order chi connectivity index (χ1) is 10.7. The van der Waals surface area contributed by atoms with Gasteiger partial charge in [0.25, 0.3) is 0 Å². The van der Waals surface area contributed by atoms with Gasteiger partial charge in [-0.05, 0) is 24.6 Å². The Labute approximate surface area is 127 Å². The fourth-order valence-corrected chi connectivity index (χ4v) is 2.41. The maximum absolute atomic E-state index is 11.7. The predicted molar refractivity (Wildman–Crippen MR) is 80.5 cm³/mol. The van der Waals surface area contributed by atoms with E-state index in [4.69, 9.17) is 4.74 Å². The van der Waals surface area contributed by atoms with Crippen LogP contribution in [0.5, 0.6) is 0 Å². The topological polar surface area (TPSA) is 74.8 Å². The van der Waals surface area contributed by atoms with E-state index in [1.807, 2.05) is 15.2 Å². The first-order valence-electron chi connectivity index (χ1n) is 7.12. The molecule has 0 fully saturated rings. The average molecular weight is 299 g/mol. The molecule has 0 aliphatic carbocycles. The first-order valence-corrected chi connectivity index (χ1v) is 7.12. The van der Waals surface area contributed by atoms with Crippen molar-refractivity contribution >= 4 is 17.0 Å². The van der Waals surface area contributed by atoms with Crippen LogP contribution in [0.2, 0.25) is 0 Å². The van der Waals surface area contributed by atoms with Gasteiger partial charge < -0.3 is 13.9 Å². The minimum absolute atomic E-state index is 0.358. The van der Waals surface area contributed by atoms with Crippen molar-refractivity contribution in [3.63, 3.8) is 0 Å². The highest BCUT2D eigenvalue weighted by atomic mass is 16.5. The summed E-state index contributed by atoms with van der Waals surface area (Å²) in [6.45, 7) is 3.54. The molecule has 0 unspecified atom stereocenters. The summed E-state index contributed by atoms with van der Waals surface area (Å²) >= 11 is 0. The third kappa shape index (κ3) is 2.57. The molecule has 0 N–H and O–H groups in total. The molecule has 3 rings (SSSR count). The Balaban J connectivity index is 1.96. The largest absolute Gasteiger partial charge is 0.465 e. The maximum Gasteiger partial charge on any atom is 0.337 e. The van der Waals surface area contributed by atoms with Crippen molar-refractivity contribution in [2.24, 2.45) is 0 Å². The van der Waals surface area contributed by atoms with Gasteiger partial charge in [-0.25, -0.2) is 9.78 Å². The van der Waals surface area contributed by atoms with Gasteiger partial charge in [-0.3, -0.25) is 0 Å². The van der Waals surface area contributed by atoms with Gasteiger partial charge in [-0.1, -0.05) is 6.92 Å². The fourth-order valence-electron chi connectivity index (χ4n) is 2.41. The molecule has 114 valence electrons. The Morgan fingerprint density at radius 3 is 2.91 bits per heavy atom. The van der Waals surface area contributed by atoms with Crippen LogP contribution in [0.1, 0.15) is 29.5 Å². The van der Waals surface area contributed by atoms with Gasteiger partial charge in [0.2, 0.25) is 0 Å². The lowest BCUT2D eigenvalue weighted by atomic mass is 10.2. The average Bonchev–Trinajstić information content (AvgIpc) is 3.14. The minimum atomic E-state index is -0.358. The molecule has 0 bridgehead atoms. The summed E-state index contributed by atoms with van der Waals surface area (Å²) in [5, 5.41) is 8.13. The number of imidazole rings is 1. The van der Waals surface area contributed by atoms with Crippen LogP contribution in [0.25, 0.3) is 11.0 Å². The van der Waals surface area contributed by atoms with E-state index in [2.05, 4.69) is 22.1 Å². The summed E-state index contributed by atoms with van der Waals surface area (Å²) < 4.78 is 8.74. The molecule has 0 saturated heterocycles. The fraction of sp³-hybridized carbons (Fsp3) is 0.333. The normalized spacial score (nSPS) is 11.0. The highest BCUT2D eigenvalue weighted by Gasteiger charge is 2.11. The van der Waals surface area contributed by atoms with Crippen molar-refractivity contribution < 1.29 is 9.53 Å². The number of methoxy groups -OCH3 is 1. The van der Waals surface area contributed by atoms with E-state index in [-0.39, 0.29) is 5.97 Å². The standard InChI is InChI=1S/C15H17N5O2/c1-3-6-19-10-17-18-14(19)8-20-9-16-12-5-4-11(7-13(12)20)15(21)22-2/h4-5,7,9-10H,3,6,8H2,1-2H3. The molecule has 1 aromatic carbocycles. The van der Waals surface area contributed by atoms with Crippen LogP contribution in [0.15, 0.2) is 30.9 Å². The zero-order valence-electron chi connectivity index (χ0n) is 12.6. The van der Waals surface area contributed by atoms with Gasteiger partial charge in [0.1, 0.15) is 6.33 Å². The zero-order valence-corrected chi connectivity index (χ0v) is 12.6. The number of hydrogen-bond acceptors (Lipinski definition) is 5. The van der Waals surface area contributed by atoms with Gasteiger partial charge in [0, 0.05) is 6.54 Å². The summed E-state index contributed by atoms with van der Waals surface area (Å²) in [6.07, 6.45) is 4.50. The van der Waals surface area contributed by atoms with Crippen molar-refractivity contribution in [3.05, 3.63) is 42.2 Å². The molecule has 0 amide bonds. The van der Waals surface area contributed by atoms with Crippen molar-refractivity contribution in [2.45, 2.75) is 26.4 Å². The van der Waals surface area contributed by atoms with Crippen molar-refractivity contribution in [1.82, 2.24) is 24.3 Å². The van der Waals surface area contributed by atoms with Gasteiger partial charge in [-0.15, -0.1) is 10.2 Å². The number of benzene rings is 1. The lowest BCUT2D eigenvalue weighted by Crippen LogP contribution is -2.08. The summed E-state index contributed by atoms with van der Waals surface area (Å²) in [7, 11) is 1.37. The van der Waals surface area contributed by atoms with E-state index in [0.29, 0.717) is 12.1 Å². The second-order valence-corrected chi connectivity index (χ2v) is 5.01. The van der Waals surface area contributed by atoms with E-state index < -0.39 is 0 Å². The minimum Gasteiger partial charge on any atom is -0.465 e. The first kappa shape index (κ1) is 14.2. The van der Waals surface area contributed by atoms with Crippen LogP contribution in [0.3, 0.4) is 0 Å². The van der Waals surface area contributed by atoms with E-state index in [1.54, 1.807) is 24.8 Å². The molecule has 0 saturated carbocycles. The van der Waals surface area contributed by atoms with Gasteiger partial charge in [0.05, 0.1) is 36.6 Å². The number of aryl methyl sites for hydroxylation is 1. The van der Waals surface area contributed by atoms with Crippen LogP contribution in [0.4, 0.5) is 0 Å². The van der Waals surface area contributed by atoms with E-state index in [0.717, 1.165) is 29.8 Å². The number of carbonyl (C=O) groups excluding carboxylic acids is 1. The number of rotatable bonds is 5.